The van der Waals surface area contributed by atoms with Crippen LogP contribution < -0.4 is 0 Å². The van der Waals surface area contributed by atoms with E-state index < -0.39 is 102 Å². The van der Waals surface area contributed by atoms with Crippen LogP contribution in [-0.4, -0.2) is 14.2 Å². The summed E-state index contributed by atoms with van der Waals surface area (Å²) in [6, 6.07) is 0. The van der Waals surface area contributed by atoms with Gasteiger partial charge in [0.2, 0.25) is 11.6 Å². The lowest BCUT2D eigenvalue weighted by Gasteiger charge is -2.10. The zero-order valence-electron chi connectivity index (χ0n) is 14.7. The van der Waals surface area contributed by atoms with Gasteiger partial charge in [0.1, 0.15) is 5.41 Å². The van der Waals surface area contributed by atoms with Gasteiger partial charge in [0.05, 0.1) is 22.3 Å². The van der Waals surface area contributed by atoms with Gasteiger partial charge < -0.3 is 9.11 Å². The Kier molecular flexibility index (Phi) is 8.25. The van der Waals surface area contributed by atoms with E-state index in [1.54, 1.807) is 0 Å². The van der Waals surface area contributed by atoms with Gasteiger partial charge in [-0.2, -0.15) is 4.39 Å². The van der Waals surface area contributed by atoms with E-state index in [1.807, 2.05) is 0 Å². The molecule has 15 heteroatoms. The van der Waals surface area contributed by atoms with Gasteiger partial charge in [-0.3, -0.25) is 0 Å². The molecule has 174 valence electrons. The molecule has 2 rings (SSSR count). The van der Waals surface area contributed by atoms with Crippen molar-refractivity contribution in [1.82, 2.24) is 0 Å². The van der Waals surface area contributed by atoms with Gasteiger partial charge in [-0.05, 0) is 6.08 Å². The number of hydrogen-bond acceptors (Lipinski definition) is 2. The minimum absolute atomic E-state index is 0.162. The topological polar surface area (TPSA) is 46.1 Å². The fourth-order valence-electron chi connectivity index (χ4n) is 2.04. The maximum atomic E-state index is 13.9. The van der Waals surface area contributed by atoms with Crippen molar-refractivity contribution in [2.45, 2.75) is 0 Å². The maximum absolute atomic E-state index is 13.9. The molecule has 0 aromatic heterocycles. The van der Waals surface area contributed by atoms with Crippen LogP contribution in [0.4, 0.5) is 48.3 Å². The van der Waals surface area contributed by atoms with Crippen molar-refractivity contribution < 1.29 is 57.4 Å². The molecule has 0 bridgehead atoms. The molecular formula is C17H5F11O2S2. The van der Waals surface area contributed by atoms with Gasteiger partial charge in [-0.15, -0.1) is 0 Å². The van der Waals surface area contributed by atoms with Crippen molar-refractivity contribution >= 4 is 34.5 Å². The van der Waals surface area contributed by atoms with Crippen molar-refractivity contribution in [3.63, 3.8) is 0 Å². The smallest absolute Gasteiger partial charge is 0.305 e. The zero-order valence-corrected chi connectivity index (χ0v) is 16.4. The summed E-state index contributed by atoms with van der Waals surface area (Å²) in [5.74, 6) is -23.9. The van der Waals surface area contributed by atoms with E-state index in [0.29, 0.717) is 0 Å². The van der Waals surface area contributed by atoms with Crippen LogP contribution >= 0.6 is 0 Å². The van der Waals surface area contributed by atoms with Crippen molar-refractivity contribution in [2.75, 3.05) is 5.08 Å². The molecule has 0 saturated heterocycles. The van der Waals surface area contributed by atoms with Crippen LogP contribution in [0.25, 0.3) is 12.2 Å². The van der Waals surface area contributed by atoms with Gasteiger partial charge >= 0.3 is 5.16 Å². The Labute approximate surface area is 177 Å². The summed E-state index contributed by atoms with van der Waals surface area (Å²) >= 11 is -5.65. The van der Waals surface area contributed by atoms with E-state index in [9.17, 15) is 57.4 Å². The van der Waals surface area contributed by atoms with Crippen LogP contribution in [0.2, 0.25) is 0 Å². The predicted octanol–water partition coefficient (Wildman–Crippen LogP) is 5.47. The lowest BCUT2D eigenvalue weighted by atomic mass is 10.1. The Morgan fingerprint density at radius 3 is 1.34 bits per heavy atom. The first-order valence-corrected chi connectivity index (χ1v) is 10.3. The molecule has 0 aliphatic heterocycles. The Hall–Kier alpha value is -2.23. The highest BCUT2D eigenvalue weighted by molar-refractivity contribution is 8.11. The second-order valence-corrected chi connectivity index (χ2v) is 8.62. The highest BCUT2D eigenvalue weighted by Crippen LogP contribution is 2.27. The SMILES string of the molecule is [O-][S+](C=Cc1c(F)c(F)c(F)c(F)c1F)C[S+]([O-])C(F)=Cc1c(F)c(F)c(F)c(F)c1F. The van der Waals surface area contributed by atoms with Crippen LogP contribution in [0.1, 0.15) is 11.1 Å². The zero-order chi connectivity index (χ0) is 24.5. The molecule has 0 aliphatic rings. The number of rotatable bonds is 6. The average molecular weight is 514 g/mol. The largest absolute Gasteiger partial charge is 0.608 e. The van der Waals surface area contributed by atoms with Gasteiger partial charge in [0.15, 0.2) is 46.5 Å². The summed E-state index contributed by atoms with van der Waals surface area (Å²) in [6.45, 7) is 0. The third-order valence-electron chi connectivity index (χ3n) is 3.57. The molecule has 2 aromatic carbocycles. The molecule has 0 amide bonds. The van der Waals surface area contributed by atoms with E-state index in [-0.39, 0.29) is 17.6 Å². The van der Waals surface area contributed by atoms with Crippen LogP contribution in [0.15, 0.2) is 10.6 Å². The predicted molar refractivity (Wildman–Crippen MR) is 91.7 cm³/mol. The summed E-state index contributed by atoms with van der Waals surface area (Å²) in [5, 5.41) is -2.99. The van der Waals surface area contributed by atoms with Crippen molar-refractivity contribution in [2.24, 2.45) is 0 Å². The first kappa shape index (κ1) is 26.0. The summed E-state index contributed by atoms with van der Waals surface area (Å²) < 4.78 is 170. The minimum atomic E-state index is -3.04. The van der Waals surface area contributed by atoms with Crippen LogP contribution in [-0.2, 0) is 22.4 Å². The molecule has 2 atom stereocenters. The van der Waals surface area contributed by atoms with E-state index in [0.717, 1.165) is 0 Å². The second-order valence-electron chi connectivity index (χ2n) is 5.56. The molecule has 0 N–H and O–H groups in total. The van der Waals surface area contributed by atoms with E-state index in [1.165, 1.54) is 0 Å². The molecule has 0 aliphatic carbocycles. The lowest BCUT2D eigenvalue weighted by Crippen LogP contribution is -2.15. The first-order chi connectivity index (χ1) is 14.8. The van der Waals surface area contributed by atoms with Gasteiger partial charge in [0, 0.05) is 17.3 Å². The number of hydrogen-bond donors (Lipinski definition) is 0. The molecule has 32 heavy (non-hydrogen) atoms. The van der Waals surface area contributed by atoms with E-state index in [2.05, 4.69) is 0 Å². The molecule has 0 fully saturated rings. The van der Waals surface area contributed by atoms with E-state index in [4.69, 9.17) is 0 Å². The summed E-state index contributed by atoms with van der Waals surface area (Å²) in [5.41, 5.74) is -3.30. The maximum Gasteiger partial charge on any atom is 0.305 e. The Morgan fingerprint density at radius 1 is 0.594 bits per heavy atom. The quantitative estimate of drug-likeness (QED) is 0.222. The Morgan fingerprint density at radius 2 is 0.938 bits per heavy atom. The number of halogens is 11. The molecule has 0 radical (unpaired) electrons. The molecule has 2 aromatic rings. The van der Waals surface area contributed by atoms with Crippen LogP contribution in [0.5, 0.6) is 0 Å². The highest BCUT2D eigenvalue weighted by atomic mass is 32.3. The van der Waals surface area contributed by atoms with Gasteiger partial charge in [-0.1, -0.05) is 0 Å². The third-order valence-corrected chi connectivity index (χ3v) is 6.35. The molecule has 2 nitrogen and oxygen atoms in total. The fourth-order valence-corrected chi connectivity index (χ4v) is 4.19. The van der Waals surface area contributed by atoms with Gasteiger partial charge in [0.25, 0.3) is 5.08 Å². The fraction of sp³-hybridized carbons (Fsp3) is 0.0588. The van der Waals surface area contributed by atoms with Crippen LogP contribution in [0.3, 0.4) is 0 Å². The molecule has 0 heterocycles. The normalized spacial score (nSPS) is 14.3. The molecule has 0 spiro atoms. The monoisotopic (exact) mass is 514 g/mol. The first-order valence-electron chi connectivity index (χ1n) is 7.63. The molecular weight excluding hydrogens is 509 g/mol. The van der Waals surface area contributed by atoms with Crippen molar-refractivity contribution in [3.8, 4) is 0 Å². The Bertz CT molecular complexity index is 1060. The summed E-state index contributed by atoms with van der Waals surface area (Å²) in [6.07, 6.45) is -0.146. The summed E-state index contributed by atoms with van der Waals surface area (Å²) in [4.78, 5) is 0. The van der Waals surface area contributed by atoms with Crippen molar-refractivity contribution in [3.05, 3.63) is 79.9 Å². The lowest BCUT2D eigenvalue weighted by molar-refractivity contribution is 0.376. The van der Waals surface area contributed by atoms with Gasteiger partial charge in [-0.25, -0.2) is 43.9 Å². The average Bonchev–Trinajstić information content (AvgIpc) is 2.76. The standard InChI is InChI=1S/C17H5F11O2S2/c18-7(3-6-10(21)14(25)17(28)15(26)11(6)22)32(30)4-31(29)2-1-5-8(19)12(23)16(27)13(24)9(5)20/h1-3H,4H2. The number of benzene rings is 2. The van der Waals surface area contributed by atoms with Crippen LogP contribution in [0, 0.1) is 58.2 Å². The molecule has 2 unspecified atom stereocenters. The second kappa shape index (κ2) is 10.1. The highest BCUT2D eigenvalue weighted by Gasteiger charge is 2.29. The summed E-state index contributed by atoms with van der Waals surface area (Å²) in [7, 11) is 0. The Balaban J connectivity index is 2.25. The third kappa shape index (κ3) is 5.05. The minimum Gasteiger partial charge on any atom is -0.608 e. The van der Waals surface area contributed by atoms with Crippen molar-refractivity contribution in [1.29, 1.82) is 0 Å². The van der Waals surface area contributed by atoms with E-state index >= 15 is 0 Å². The molecule has 0 saturated carbocycles.